The Morgan fingerprint density at radius 2 is 1.59 bits per heavy atom. The lowest BCUT2D eigenvalue weighted by Gasteiger charge is -2.05. The predicted octanol–water partition coefficient (Wildman–Crippen LogP) is 7.58. The van der Waals surface area contributed by atoms with E-state index in [0.717, 1.165) is 34.6 Å². The van der Waals surface area contributed by atoms with Gasteiger partial charge >= 0.3 is 0 Å². The Kier molecular flexibility index (Phi) is 8.33. The fourth-order valence-corrected chi connectivity index (χ4v) is 4.23. The third-order valence-electron chi connectivity index (χ3n) is 5.29. The first kappa shape index (κ1) is 23.6. The number of unbranched alkanes of at least 4 members (excludes halogenated alkanes) is 4. The van der Waals surface area contributed by atoms with Gasteiger partial charge in [-0.2, -0.15) is 0 Å². The lowest BCUT2D eigenvalue weighted by atomic mass is 10.1. The maximum Gasteiger partial charge on any atom is 0.168 e. The zero-order valence-electron chi connectivity index (χ0n) is 19.2. The summed E-state index contributed by atoms with van der Waals surface area (Å²) >= 11 is 1.50. The fourth-order valence-electron chi connectivity index (χ4n) is 3.42. The van der Waals surface area contributed by atoms with Crippen molar-refractivity contribution >= 4 is 21.6 Å². The van der Waals surface area contributed by atoms with Crippen LogP contribution in [0.15, 0.2) is 66.7 Å². The summed E-state index contributed by atoms with van der Waals surface area (Å²) in [5.74, 6) is 12.4. The van der Waals surface area contributed by atoms with Crippen molar-refractivity contribution in [3.63, 3.8) is 0 Å². The molecule has 1 aromatic heterocycles. The van der Waals surface area contributed by atoms with E-state index >= 15 is 0 Å². The summed E-state index contributed by atoms with van der Waals surface area (Å²) in [5.41, 5.74) is 2.71. The van der Waals surface area contributed by atoms with Gasteiger partial charge in [0.05, 0.1) is 22.4 Å². The predicted molar refractivity (Wildman–Crippen MR) is 139 cm³/mol. The first-order valence-corrected chi connectivity index (χ1v) is 12.4. The Balaban J connectivity index is 1.35. The van der Waals surface area contributed by atoms with Crippen molar-refractivity contribution in [1.82, 2.24) is 4.98 Å². The molecule has 34 heavy (non-hydrogen) atoms. The van der Waals surface area contributed by atoms with E-state index in [1.807, 2.05) is 48.5 Å². The van der Waals surface area contributed by atoms with Gasteiger partial charge in [-0.1, -0.05) is 62.5 Å². The Labute approximate surface area is 204 Å². The maximum atomic E-state index is 14.5. The first-order chi connectivity index (χ1) is 16.7. The summed E-state index contributed by atoms with van der Waals surface area (Å²) in [6.45, 7) is 2.95. The summed E-state index contributed by atoms with van der Waals surface area (Å²) in [6.07, 6.45) is 6.09. The third-order valence-corrected chi connectivity index (χ3v) is 6.24. The van der Waals surface area contributed by atoms with Crippen molar-refractivity contribution in [2.45, 2.75) is 39.0 Å². The molecule has 0 fully saturated rings. The van der Waals surface area contributed by atoms with Gasteiger partial charge in [0.1, 0.15) is 11.6 Å². The fraction of sp³-hybridized carbons (Fsp3) is 0.233. The first-order valence-electron chi connectivity index (χ1n) is 11.6. The quantitative estimate of drug-likeness (QED) is 0.206. The van der Waals surface area contributed by atoms with Crippen LogP contribution in [-0.4, -0.2) is 11.6 Å². The Hall–Kier alpha value is -3.60. The second-order valence-electron chi connectivity index (χ2n) is 7.97. The highest BCUT2D eigenvalue weighted by Crippen LogP contribution is 2.21. The molecule has 4 rings (SSSR count). The molecule has 170 valence electrons. The van der Waals surface area contributed by atoms with Gasteiger partial charge in [-0.15, -0.1) is 11.3 Å². The topological polar surface area (TPSA) is 22.1 Å². The van der Waals surface area contributed by atoms with Crippen LogP contribution in [0.5, 0.6) is 5.75 Å². The summed E-state index contributed by atoms with van der Waals surface area (Å²) < 4.78 is 21.4. The number of para-hydroxylation sites is 1. The number of fused-ring (bicyclic) bond motifs is 1. The van der Waals surface area contributed by atoms with E-state index in [0.29, 0.717) is 16.1 Å². The highest BCUT2D eigenvalue weighted by molar-refractivity contribution is 7.19. The Morgan fingerprint density at radius 1 is 0.824 bits per heavy atom. The molecule has 0 radical (unpaired) electrons. The number of halogens is 1. The molecule has 0 aliphatic heterocycles. The zero-order chi connectivity index (χ0) is 23.6. The molecule has 0 unspecified atom stereocenters. The molecule has 0 bridgehead atoms. The van der Waals surface area contributed by atoms with Crippen LogP contribution in [0.3, 0.4) is 0 Å². The summed E-state index contributed by atoms with van der Waals surface area (Å²) in [5, 5.41) is 0.674. The van der Waals surface area contributed by atoms with E-state index in [9.17, 15) is 4.39 Å². The Morgan fingerprint density at radius 3 is 2.38 bits per heavy atom. The molecule has 0 amide bonds. The van der Waals surface area contributed by atoms with E-state index in [1.165, 1.54) is 43.1 Å². The normalized spacial score (nSPS) is 10.3. The molecular formula is C30H26FNOS. The van der Waals surface area contributed by atoms with Gasteiger partial charge in [0.15, 0.2) is 5.01 Å². The van der Waals surface area contributed by atoms with Crippen molar-refractivity contribution in [2.24, 2.45) is 0 Å². The van der Waals surface area contributed by atoms with Gasteiger partial charge in [-0.05, 0) is 66.9 Å². The third kappa shape index (κ3) is 6.70. The lowest BCUT2D eigenvalue weighted by molar-refractivity contribution is 0.304. The second-order valence-corrected chi connectivity index (χ2v) is 9.00. The van der Waals surface area contributed by atoms with Gasteiger partial charge in [0.25, 0.3) is 0 Å². The zero-order valence-corrected chi connectivity index (χ0v) is 20.1. The summed E-state index contributed by atoms with van der Waals surface area (Å²) in [4.78, 5) is 4.47. The van der Waals surface area contributed by atoms with E-state index in [1.54, 1.807) is 12.1 Å². The van der Waals surface area contributed by atoms with Crippen LogP contribution in [0.1, 0.15) is 60.7 Å². The molecule has 0 spiro atoms. The molecule has 0 N–H and O–H groups in total. The summed E-state index contributed by atoms with van der Waals surface area (Å²) in [7, 11) is 0. The van der Waals surface area contributed by atoms with E-state index in [4.69, 9.17) is 4.74 Å². The van der Waals surface area contributed by atoms with Crippen LogP contribution in [0.2, 0.25) is 0 Å². The monoisotopic (exact) mass is 467 g/mol. The molecule has 3 aromatic carbocycles. The van der Waals surface area contributed by atoms with Crippen molar-refractivity contribution < 1.29 is 9.13 Å². The molecule has 0 aliphatic rings. The van der Waals surface area contributed by atoms with Crippen LogP contribution in [-0.2, 0) is 0 Å². The van der Waals surface area contributed by atoms with E-state index < -0.39 is 0 Å². The highest BCUT2D eigenvalue weighted by Gasteiger charge is 2.02. The molecule has 0 aliphatic carbocycles. The van der Waals surface area contributed by atoms with Crippen molar-refractivity contribution in [3.05, 3.63) is 94.2 Å². The number of ether oxygens (including phenoxy) is 1. The molecule has 0 atom stereocenters. The molecule has 1 heterocycles. The van der Waals surface area contributed by atoms with Crippen molar-refractivity contribution in [2.75, 3.05) is 6.61 Å². The number of hydrogen-bond acceptors (Lipinski definition) is 3. The van der Waals surface area contributed by atoms with Crippen LogP contribution >= 0.6 is 11.3 Å². The van der Waals surface area contributed by atoms with Crippen LogP contribution < -0.4 is 4.74 Å². The van der Waals surface area contributed by atoms with Gasteiger partial charge in [0, 0.05) is 11.1 Å². The molecular weight excluding hydrogens is 441 g/mol. The van der Waals surface area contributed by atoms with Gasteiger partial charge in [-0.3, -0.25) is 0 Å². The van der Waals surface area contributed by atoms with Crippen LogP contribution in [0, 0.1) is 29.5 Å². The van der Waals surface area contributed by atoms with Gasteiger partial charge in [-0.25, -0.2) is 9.37 Å². The SMILES string of the molecule is CCCCCCCOc1ccc(C#Cc2ccc(C#Cc3nc4ccccc4s3)c(F)c2)cc1. The van der Waals surface area contributed by atoms with Crippen molar-refractivity contribution in [3.8, 4) is 29.4 Å². The average Bonchev–Trinajstić information content (AvgIpc) is 3.28. The van der Waals surface area contributed by atoms with Gasteiger partial charge in [0.2, 0.25) is 0 Å². The number of aromatic nitrogens is 1. The second kappa shape index (κ2) is 12.0. The number of thiazole rings is 1. The number of nitrogens with zero attached hydrogens (tertiary/aromatic N) is 1. The van der Waals surface area contributed by atoms with E-state index in [-0.39, 0.29) is 5.82 Å². The van der Waals surface area contributed by atoms with Crippen molar-refractivity contribution in [1.29, 1.82) is 0 Å². The molecule has 0 saturated heterocycles. The number of hydrogen-bond donors (Lipinski definition) is 0. The number of rotatable bonds is 7. The van der Waals surface area contributed by atoms with Crippen LogP contribution in [0.4, 0.5) is 4.39 Å². The highest BCUT2D eigenvalue weighted by atomic mass is 32.1. The standard InChI is InChI=1S/C30H26FNOS/c1-2-3-4-5-8-21-33-26-18-14-23(15-19-26)11-12-24-13-16-25(27(31)22-24)17-20-30-32-28-9-6-7-10-29(28)34-30/h6-7,9-10,13-16,18-19,22H,2-5,8,21H2,1H3. The minimum atomic E-state index is -0.386. The summed E-state index contributed by atoms with van der Waals surface area (Å²) in [6, 6.07) is 20.4. The van der Waals surface area contributed by atoms with Crippen LogP contribution in [0.25, 0.3) is 10.2 Å². The lowest BCUT2D eigenvalue weighted by Crippen LogP contribution is -1.97. The minimum absolute atomic E-state index is 0.334. The largest absolute Gasteiger partial charge is 0.494 e. The molecule has 0 saturated carbocycles. The van der Waals surface area contributed by atoms with E-state index in [2.05, 4.69) is 35.6 Å². The average molecular weight is 468 g/mol. The maximum absolute atomic E-state index is 14.5. The Bertz CT molecular complexity index is 1330. The molecule has 2 nitrogen and oxygen atoms in total. The smallest absolute Gasteiger partial charge is 0.168 e. The molecule has 4 heteroatoms. The van der Waals surface area contributed by atoms with Gasteiger partial charge < -0.3 is 4.74 Å². The minimum Gasteiger partial charge on any atom is -0.494 e. The molecule has 4 aromatic rings. The number of benzene rings is 3.